The van der Waals surface area contributed by atoms with Crippen LogP contribution in [0.2, 0.25) is 0 Å². The summed E-state index contributed by atoms with van der Waals surface area (Å²) in [5.74, 6) is -4.89. The Hall–Kier alpha value is -4.49. The minimum atomic E-state index is -4.89. The number of nitrogens with one attached hydrogen (secondary N) is 1. The average molecular weight is 512 g/mol. The Labute approximate surface area is 200 Å². The third-order valence-corrected chi connectivity index (χ3v) is 4.34. The SMILES string of the molecule is CNC(=O)/C(=N/OC)c1ccc(F)cc1Oc1ncnc(Oc2ccc(OC(F)(F)F)cc2C)c1F. The molecule has 1 heterocycles. The van der Waals surface area contributed by atoms with Crippen LogP contribution in [0.3, 0.4) is 0 Å². The number of carbonyl (C=O) groups excluding carboxylic acids is 1. The molecule has 0 unspecified atom stereocenters. The van der Waals surface area contributed by atoms with Crippen molar-refractivity contribution in [2.24, 2.45) is 5.16 Å². The van der Waals surface area contributed by atoms with Crippen molar-refractivity contribution in [3.63, 3.8) is 0 Å². The maximum absolute atomic E-state index is 15.1. The second kappa shape index (κ2) is 10.8. The number of ether oxygens (including phenoxy) is 3. The van der Waals surface area contributed by atoms with Crippen molar-refractivity contribution in [1.82, 2.24) is 15.3 Å². The van der Waals surface area contributed by atoms with Crippen molar-refractivity contribution in [1.29, 1.82) is 0 Å². The maximum Gasteiger partial charge on any atom is 0.573 e. The molecule has 0 atom stereocenters. The number of hydrogen-bond acceptors (Lipinski definition) is 8. The molecule has 190 valence electrons. The van der Waals surface area contributed by atoms with E-state index < -0.39 is 41.4 Å². The highest BCUT2D eigenvalue weighted by atomic mass is 19.4. The highest BCUT2D eigenvalue weighted by Crippen LogP contribution is 2.34. The second-order valence-electron chi connectivity index (χ2n) is 6.82. The van der Waals surface area contributed by atoms with Gasteiger partial charge in [0.1, 0.15) is 36.5 Å². The lowest BCUT2D eigenvalue weighted by atomic mass is 10.1. The van der Waals surface area contributed by atoms with Crippen molar-refractivity contribution in [2.45, 2.75) is 13.3 Å². The van der Waals surface area contributed by atoms with Gasteiger partial charge in [0.05, 0.1) is 5.56 Å². The highest BCUT2D eigenvalue weighted by Gasteiger charge is 2.31. The number of hydrogen-bond donors (Lipinski definition) is 1. The number of nitrogens with zero attached hydrogens (tertiary/aromatic N) is 3. The molecular formula is C22H17F5N4O5. The molecule has 0 aliphatic rings. The molecule has 2 aromatic carbocycles. The number of aryl methyl sites for hydroxylation is 1. The van der Waals surface area contributed by atoms with Gasteiger partial charge in [-0.3, -0.25) is 4.79 Å². The number of halogens is 5. The first-order valence-corrected chi connectivity index (χ1v) is 9.88. The van der Waals surface area contributed by atoms with Gasteiger partial charge in [-0.2, -0.15) is 14.4 Å². The predicted molar refractivity (Wildman–Crippen MR) is 114 cm³/mol. The fourth-order valence-electron chi connectivity index (χ4n) is 2.82. The van der Waals surface area contributed by atoms with E-state index in [1.807, 2.05) is 0 Å². The lowest BCUT2D eigenvalue weighted by Crippen LogP contribution is -2.29. The summed E-state index contributed by atoms with van der Waals surface area (Å²) in [6.45, 7) is 1.41. The van der Waals surface area contributed by atoms with Gasteiger partial charge in [-0.1, -0.05) is 5.16 Å². The van der Waals surface area contributed by atoms with E-state index in [-0.39, 0.29) is 28.3 Å². The lowest BCUT2D eigenvalue weighted by molar-refractivity contribution is -0.274. The van der Waals surface area contributed by atoms with Crippen LogP contribution >= 0.6 is 0 Å². The quantitative estimate of drug-likeness (QED) is 0.266. The smallest absolute Gasteiger partial charge is 0.436 e. The fourth-order valence-corrected chi connectivity index (χ4v) is 2.82. The first-order valence-electron chi connectivity index (χ1n) is 9.88. The van der Waals surface area contributed by atoms with Crippen LogP contribution in [-0.4, -0.2) is 42.1 Å². The van der Waals surface area contributed by atoms with E-state index in [1.165, 1.54) is 27.1 Å². The summed E-state index contributed by atoms with van der Waals surface area (Å²) in [5, 5.41) is 5.94. The number of carbonyl (C=O) groups is 1. The van der Waals surface area contributed by atoms with Crippen LogP contribution < -0.4 is 19.5 Å². The van der Waals surface area contributed by atoms with Gasteiger partial charge in [0.15, 0.2) is 5.71 Å². The molecule has 9 nitrogen and oxygen atoms in total. The van der Waals surface area contributed by atoms with Crippen molar-refractivity contribution < 1.29 is 45.8 Å². The molecule has 0 bridgehead atoms. The fraction of sp³-hybridized carbons (Fsp3) is 0.182. The zero-order valence-corrected chi connectivity index (χ0v) is 18.8. The van der Waals surface area contributed by atoms with Crippen LogP contribution in [0.5, 0.6) is 29.0 Å². The molecule has 3 aromatic rings. The first kappa shape index (κ1) is 26.1. The molecule has 0 aliphatic heterocycles. The Morgan fingerprint density at radius 2 is 1.67 bits per heavy atom. The molecule has 0 saturated heterocycles. The Kier molecular flexibility index (Phi) is 7.86. The van der Waals surface area contributed by atoms with Gasteiger partial charge >= 0.3 is 6.36 Å². The topological polar surface area (TPSA) is 104 Å². The number of benzene rings is 2. The van der Waals surface area contributed by atoms with Gasteiger partial charge in [-0.25, -0.2) is 4.39 Å². The summed E-state index contributed by atoms with van der Waals surface area (Å²) in [6, 6.07) is 6.20. The average Bonchev–Trinajstić information content (AvgIpc) is 2.80. The van der Waals surface area contributed by atoms with Crippen molar-refractivity contribution >= 4 is 11.6 Å². The van der Waals surface area contributed by atoms with E-state index in [2.05, 4.69) is 30.0 Å². The molecular weight excluding hydrogens is 495 g/mol. The summed E-state index contributed by atoms with van der Waals surface area (Å²) in [5.41, 5.74) is -0.164. The summed E-state index contributed by atoms with van der Waals surface area (Å²) in [7, 11) is 2.51. The van der Waals surface area contributed by atoms with Crippen LogP contribution in [0.4, 0.5) is 22.0 Å². The first-order chi connectivity index (χ1) is 17.0. The number of oxime groups is 1. The molecule has 0 radical (unpaired) electrons. The molecule has 0 aliphatic carbocycles. The highest BCUT2D eigenvalue weighted by molar-refractivity contribution is 6.45. The lowest BCUT2D eigenvalue weighted by Gasteiger charge is -2.14. The largest absolute Gasteiger partial charge is 0.573 e. The summed E-state index contributed by atoms with van der Waals surface area (Å²) < 4.78 is 80.9. The maximum atomic E-state index is 15.1. The van der Waals surface area contributed by atoms with Crippen LogP contribution in [0.15, 0.2) is 47.9 Å². The third-order valence-electron chi connectivity index (χ3n) is 4.34. The molecule has 3 rings (SSSR count). The molecule has 36 heavy (non-hydrogen) atoms. The number of rotatable bonds is 8. The molecule has 1 N–H and O–H groups in total. The molecule has 0 saturated carbocycles. The summed E-state index contributed by atoms with van der Waals surface area (Å²) in [4.78, 5) is 24.2. The van der Waals surface area contributed by atoms with Gasteiger partial charge in [0.25, 0.3) is 17.7 Å². The molecule has 14 heteroatoms. The van der Waals surface area contributed by atoms with E-state index >= 15 is 4.39 Å². The van der Waals surface area contributed by atoms with Crippen LogP contribution in [0, 0.1) is 18.6 Å². The second-order valence-corrected chi connectivity index (χ2v) is 6.82. The van der Waals surface area contributed by atoms with Gasteiger partial charge in [0, 0.05) is 13.1 Å². The van der Waals surface area contributed by atoms with Gasteiger partial charge < -0.3 is 24.4 Å². The monoisotopic (exact) mass is 512 g/mol. The summed E-state index contributed by atoms with van der Waals surface area (Å²) in [6.07, 6.45) is -4.01. The van der Waals surface area contributed by atoms with E-state index in [4.69, 9.17) is 9.47 Å². The van der Waals surface area contributed by atoms with Gasteiger partial charge in [0.2, 0.25) is 5.82 Å². The number of amides is 1. The van der Waals surface area contributed by atoms with Crippen molar-refractivity contribution in [2.75, 3.05) is 14.2 Å². The number of likely N-dealkylation sites (N-methyl/N-ethyl adjacent to an activating group) is 1. The van der Waals surface area contributed by atoms with Gasteiger partial charge in [-0.05, 0) is 42.8 Å². The number of alkyl halides is 3. The standard InChI is InChI=1S/C22H17F5N4O5/c1-11-8-13(36-22(25,26)27)5-7-15(11)34-20-17(24)21(30-10-29-20)35-16-9-12(23)4-6-14(16)18(31-33-3)19(32)28-2/h4-10H,1-3H3,(H,28,32)/b31-18+. The molecule has 0 spiro atoms. The Balaban J connectivity index is 1.93. The van der Waals surface area contributed by atoms with Crippen molar-refractivity contribution in [3.8, 4) is 29.0 Å². The number of aromatic nitrogens is 2. The zero-order chi connectivity index (χ0) is 26.5. The molecule has 1 aromatic heterocycles. The van der Waals surface area contributed by atoms with E-state index in [0.717, 1.165) is 36.7 Å². The van der Waals surface area contributed by atoms with E-state index in [0.29, 0.717) is 0 Å². The Morgan fingerprint density at radius 3 is 2.25 bits per heavy atom. The summed E-state index contributed by atoms with van der Waals surface area (Å²) >= 11 is 0. The van der Waals surface area contributed by atoms with Gasteiger partial charge in [-0.15, -0.1) is 13.2 Å². The minimum absolute atomic E-state index is 0.0337. The van der Waals surface area contributed by atoms with Crippen LogP contribution in [0.25, 0.3) is 0 Å². The van der Waals surface area contributed by atoms with E-state index in [9.17, 15) is 22.4 Å². The molecule has 0 fully saturated rings. The minimum Gasteiger partial charge on any atom is -0.436 e. The van der Waals surface area contributed by atoms with Crippen LogP contribution in [-0.2, 0) is 9.63 Å². The Bertz CT molecular complexity index is 1300. The normalized spacial score (nSPS) is 11.6. The molecule has 1 amide bonds. The third kappa shape index (κ3) is 6.34. The Morgan fingerprint density at radius 1 is 1.00 bits per heavy atom. The van der Waals surface area contributed by atoms with E-state index in [1.54, 1.807) is 0 Å². The predicted octanol–water partition coefficient (Wildman–Crippen LogP) is 4.64. The van der Waals surface area contributed by atoms with Crippen LogP contribution in [0.1, 0.15) is 11.1 Å². The zero-order valence-electron chi connectivity index (χ0n) is 18.8. The van der Waals surface area contributed by atoms with Crippen molar-refractivity contribution in [3.05, 3.63) is 65.5 Å².